The van der Waals surface area contributed by atoms with E-state index in [0.29, 0.717) is 0 Å². The molecule has 0 aliphatic heterocycles. The van der Waals surface area contributed by atoms with Crippen LogP contribution in [0.25, 0.3) is 0 Å². The summed E-state index contributed by atoms with van der Waals surface area (Å²) in [6.07, 6.45) is 0. The van der Waals surface area contributed by atoms with Crippen LogP contribution in [-0.4, -0.2) is 30.3 Å². The summed E-state index contributed by atoms with van der Waals surface area (Å²) in [7, 11) is -5.11. The van der Waals surface area contributed by atoms with Gasteiger partial charge in [-0.3, -0.25) is 4.79 Å². The van der Waals surface area contributed by atoms with E-state index >= 15 is 0 Å². The summed E-state index contributed by atoms with van der Waals surface area (Å²) in [5.41, 5.74) is 0.156. The fourth-order valence-corrected chi connectivity index (χ4v) is 4.77. The molecule has 0 heterocycles. The average molecular weight is 491 g/mol. The van der Waals surface area contributed by atoms with Gasteiger partial charge in [-0.2, -0.15) is 4.31 Å². The zero-order valence-corrected chi connectivity index (χ0v) is 16.2. The molecule has 0 amide bonds. The second kappa shape index (κ2) is 8.13. The van der Waals surface area contributed by atoms with Crippen LogP contribution in [0, 0.1) is 23.3 Å². The van der Waals surface area contributed by atoms with Gasteiger partial charge in [-0.05, 0) is 27.6 Å². The largest absolute Gasteiger partial charge is 0.480 e. The third-order valence-electron chi connectivity index (χ3n) is 3.38. The van der Waals surface area contributed by atoms with E-state index in [2.05, 4.69) is 15.9 Å². The predicted molar refractivity (Wildman–Crippen MR) is 90.7 cm³/mol. The molecule has 0 aromatic heterocycles. The van der Waals surface area contributed by atoms with E-state index in [1.54, 1.807) is 0 Å². The molecule has 2 aromatic rings. The SMILES string of the molecule is O=C(O)CN(Cc1ccccc1Cl)S(=O)(=O)c1c(F)c(F)c(F)c(F)c1Br. The molecule has 0 bridgehead atoms. The smallest absolute Gasteiger partial charge is 0.318 e. The Hall–Kier alpha value is -1.69. The summed E-state index contributed by atoms with van der Waals surface area (Å²) in [4.78, 5) is 9.51. The van der Waals surface area contributed by atoms with Gasteiger partial charge < -0.3 is 5.11 Å². The van der Waals surface area contributed by atoms with Crippen LogP contribution in [0.1, 0.15) is 5.56 Å². The molecule has 0 aliphatic rings. The maximum atomic E-state index is 14.1. The van der Waals surface area contributed by atoms with E-state index < -0.39 is 61.7 Å². The van der Waals surface area contributed by atoms with Crippen molar-refractivity contribution >= 4 is 43.5 Å². The van der Waals surface area contributed by atoms with Gasteiger partial charge in [0.15, 0.2) is 23.3 Å². The van der Waals surface area contributed by atoms with Gasteiger partial charge in [0.05, 0.1) is 4.47 Å². The Morgan fingerprint density at radius 3 is 2.19 bits per heavy atom. The molecule has 5 nitrogen and oxygen atoms in total. The number of hydrogen-bond acceptors (Lipinski definition) is 3. The molecule has 0 aliphatic carbocycles. The number of sulfonamides is 1. The van der Waals surface area contributed by atoms with Crippen molar-refractivity contribution in [2.75, 3.05) is 6.54 Å². The minimum atomic E-state index is -5.11. The number of rotatable bonds is 6. The number of nitrogens with zero attached hydrogens (tertiary/aromatic N) is 1. The fourth-order valence-electron chi connectivity index (χ4n) is 2.13. The molecule has 146 valence electrons. The van der Waals surface area contributed by atoms with Crippen LogP contribution in [0.3, 0.4) is 0 Å². The van der Waals surface area contributed by atoms with Crippen molar-refractivity contribution in [2.24, 2.45) is 0 Å². The molecule has 0 saturated heterocycles. The molecule has 27 heavy (non-hydrogen) atoms. The lowest BCUT2D eigenvalue weighted by Gasteiger charge is -2.22. The Kier molecular flexibility index (Phi) is 6.51. The second-order valence-corrected chi connectivity index (χ2v) is 8.23. The summed E-state index contributed by atoms with van der Waals surface area (Å²) in [5.74, 6) is -10.3. The Bertz CT molecular complexity index is 990. The van der Waals surface area contributed by atoms with Crippen molar-refractivity contribution in [2.45, 2.75) is 11.4 Å². The third-order valence-corrected chi connectivity index (χ3v) is 6.60. The van der Waals surface area contributed by atoms with E-state index in [-0.39, 0.29) is 14.9 Å². The van der Waals surface area contributed by atoms with Gasteiger partial charge in [0, 0.05) is 11.6 Å². The van der Waals surface area contributed by atoms with Gasteiger partial charge in [-0.25, -0.2) is 26.0 Å². The van der Waals surface area contributed by atoms with Crippen molar-refractivity contribution in [3.8, 4) is 0 Å². The Morgan fingerprint density at radius 1 is 1.07 bits per heavy atom. The van der Waals surface area contributed by atoms with Crippen LogP contribution < -0.4 is 0 Å². The van der Waals surface area contributed by atoms with Crippen molar-refractivity contribution in [1.82, 2.24) is 4.31 Å². The maximum Gasteiger partial charge on any atom is 0.318 e. The zero-order valence-electron chi connectivity index (χ0n) is 13.0. The molecule has 0 unspecified atom stereocenters. The first-order chi connectivity index (χ1) is 12.5. The fraction of sp³-hybridized carbons (Fsp3) is 0.133. The molecule has 2 aromatic carbocycles. The Morgan fingerprint density at radius 2 is 1.63 bits per heavy atom. The zero-order chi connectivity index (χ0) is 20.5. The number of halogens is 6. The highest BCUT2D eigenvalue weighted by Crippen LogP contribution is 2.34. The van der Waals surface area contributed by atoms with Crippen LogP contribution in [0.2, 0.25) is 5.02 Å². The van der Waals surface area contributed by atoms with Gasteiger partial charge in [0.2, 0.25) is 10.0 Å². The van der Waals surface area contributed by atoms with E-state index in [1.807, 2.05) is 0 Å². The van der Waals surface area contributed by atoms with E-state index in [0.717, 1.165) is 0 Å². The van der Waals surface area contributed by atoms with E-state index in [4.69, 9.17) is 16.7 Å². The molecule has 0 fully saturated rings. The lowest BCUT2D eigenvalue weighted by Crippen LogP contribution is -2.36. The van der Waals surface area contributed by atoms with Gasteiger partial charge in [0.1, 0.15) is 11.4 Å². The standard InChI is InChI=1S/C15H9BrClF4NO4S/c16-10-11(18)12(19)13(20)14(21)15(10)27(25,26)22(6-9(23)24)5-7-3-1-2-4-8(7)17/h1-4H,5-6H2,(H,23,24). The third kappa shape index (κ3) is 4.26. The lowest BCUT2D eigenvalue weighted by molar-refractivity contribution is -0.137. The molecule has 12 heteroatoms. The molecular formula is C15H9BrClF4NO4S. The number of hydrogen-bond donors (Lipinski definition) is 1. The van der Waals surface area contributed by atoms with Crippen LogP contribution in [0.5, 0.6) is 0 Å². The summed E-state index contributed by atoms with van der Waals surface area (Å²) in [5, 5.41) is 9.06. The topological polar surface area (TPSA) is 74.7 Å². The highest BCUT2D eigenvalue weighted by molar-refractivity contribution is 9.10. The number of carboxylic acids is 1. The van der Waals surface area contributed by atoms with Gasteiger partial charge in [-0.15, -0.1) is 0 Å². The minimum Gasteiger partial charge on any atom is -0.480 e. The van der Waals surface area contributed by atoms with Gasteiger partial charge in [-0.1, -0.05) is 29.8 Å². The van der Waals surface area contributed by atoms with Gasteiger partial charge in [0.25, 0.3) is 0 Å². The lowest BCUT2D eigenvalue weighted by atomic mass is 10.2. The van der Waals surface area contributed by atoms with E-state index in [1.165, 1.54) is 24.3 Å². The van der Waals surface area contributed by atoms with Crippen molar-refractivity contribution in [3.05, 3.63) is 62.6 Å². The van der Waals surface area contributed by atoms with Crippen LogP contribution in [0.4, 0.5) is 17.6 Å². The Balaban J connectivity index is 2.65. The number of carboxylic acid groups (broad SMARTS) is 1. The quantitative estimate of drug-likeness (QED) is 0.378. The van der Waals surface area contributed by atoms with Crippen molar-refractivity contribution in [1.29, 1.82) is 0 Å². The highest BCUT2D eigenvalue weighted by atomic mass is 79.9. The number of carbonyl (C=O) groups is 1. The van der Waals surface area contributed by atoms with Crippen LogP contribution >= 0.6 is 27.5 Å². The summed E-state index contributed by atoms with van der Waals surface area (Å²) < 4.78 is 79.2. The molecule has 0 radical (unpaired) electrons. The van der Waals surface area contributed by atoms with Crippen molar-refractivity contribution in [3.63, 3.8) is 0 Å². The number of aliphatic carboxylic acids is 1. The van der Waals surface area contributed by atoms with Gasteiger partial charge >= 0.3 is 5.97 Å². The molecular weight excluding hydrogens is 482 g/mol. The first-order valence-electron chi connectivity index (χ1n) is 6.95. The molecule has 2 rings (SSSR count). The summed E-state index contributed by atoms with van der Waals surface area (Å²) in [6.45, 7) is -1.80. The maximum absolute atomic E-state index is 14.1. The molecule has 1 N–H and O–H groups in total. The summed E-state index contributed by atoms with van der Waals surface area (Å²) >= 11 is 8.30. The monoisotopic (exact) mass is 489 g/mol. The van der Waals surface area contributed by atoms with Crippen molar-refractivity contribution < 1.29 is 35.9 Å². The first kappa shape index (κ1) is 21.6. The summed E-state index contributed by atoms with van der Waals surface area (Å²) in [6, 6.07) is 5.80. The predicted octanol–water partition coefficient (Wildman–Crippen LogP) is 3.93. The first-order valence-corrected chi connectivity index (χ1v) is 9.56. The molecule has 0 saturated carbocycles. The average Bonchev–Trinajstić information content (AvgIpc) is 2.59. The molecule has 0 atom stereocenters. The minimum absolute atomic E-state index is 0.0825. The number of benzene rings is 2. The van der Waals surface area contributed by atoms with E-state index in [9.17, 15) is 30.8 Å². The normalized spacial score (nSPS) is 11.8. The Labute approximate surface area is 164 Å². The second-order valence-electron chi connectivity index (χ2n) is 5.16. The molecule has 0 spiro atoms. The van der Waals surface area contributed by atoms with Crippen LogP contribution in [-0.2, 0) is 21.4 Å². The highest BCUT2D eigenvalue weighted by Gasteiger charge is 2.36. The van der Waals surface area contributed by atoms with Crippen LogP contribution in [0.15, 0.2) is 33.6 Å².